The molecule has 1 aromatic heterocycles. The van der Waals surface area contributed by atoms with Crippen molar-refractivity contribution < 1.29 is 9.90 Å². The van der Waals surface area contributed by atoms with E-state index >= 15 is 0 Å². The lowest BCUT2D eigenvalue weighted by molar-refractivity contribution is 0.0699. The zero-order valence-corrected chi connectivity index (χ0v) is 11.7. The second-order valence-corrected chi connectivity index (χ2v) is 6.09. The van der Waals surface area contributed by atoms with E-state index in [0.29, 0.717) is 10.8 Å². The Kier molecular flexibility index (Phi) is 4.75. The summed E-state index contributed by atoms with van der Waals surface area (Å²) in [6, 6.07) is 0. The number of aromatic carboxylic acids is 1. The van der Waals surface area contributed by atoms with Crippen LogP contribution in [0.25, 0.3) is 0 Å². The van der Waals surface area contributed by atoms with Gasteiger partial charge in [-0.15, -0.1) is 11.3 Å². The van der Waals surface area contributed by atoms with Crippen molar-refractivity contribution in [3.8, 4) is 0 Å². The van der Waals surface area contributed by atoms with E-state index in [1.54, 1.807) is 5.51 Å². The van der Waals surface area contributed by atoms with Crippen LogP contribution < -0.4 is 0 Å². The number of carbonyl (C=O) groups is 1. The lowest BCUT2D eigenvalue weighted by Crippen LogP contribution is -2.15. The molecule has 0 amide bonds. The third-order valence-corrected chi connectivity index (χ3v) is 4.82. The largest absolute Gasteiger partial charge is 0.477 e. The van der Waals surface area contributed by atoms with E-state index in [1.165, 1.54) is 43.4 Å². The summed E-state index contributed by atoms with van der Waals surface area (Å²) < 4.78 is 0. The number of hydrogen-bond acceptors (Lipinski definition) is 3. The monoisotopic (exact) mass is 267 g/mol. The molecule has 0 radical (unpaired) electrons. The summed E-state index contributed by atoms with van der Waals surface area (Å²) in [6.45, 7) is 2.24. The Labute approximate surface area is 112 Å². The first-order valence-electron chi connectivity index (χ1n) is 6.89. The van der Waals surface area contributed by atoms with E-state index in [2.05, 4.69) is 11.9 Å². The van der Waals surface area contributed by atoms with Gasteiger partial charge in [0.15, 0.2) is 0 Å². The van der Waals surface area contributed by atoms with Gasteiger partial charge >= 0.3 is 5.97 Å². The fourth-order valence-corrected chi connectivity index (χ4v) is 3.64. The first-order valence-corrected chi connectivity index (χ1v) is 7.77. The quantitative estimate of drug-likeness (QED) is 0.865. The summed E-state index contributed by atoms with van der Waals surface area (Å²) in [7, 11) is 0. The highest BCUT2D eigenvalue weighted by Gasteiger charge is 2.27. The number of carboxylic acid groups (broad SMARTS) is 1. The molecule has 2 rings (SSSR count). The Morgan fingerprint density at radius 1 is 1.44 bits per heavy atom. The van der Waals surface area contributed by atoms with E-state index in [0.717, 1.165) is 24.5 Å². The van der Waals surface area contributed by atoms with Crippen LogP contribution in [-0.2, 0) is 0 Å². The highest BCUT2D eigenvalue weighted by molar-refractivity contribution is 7.11. The first kappa shape index (κ1) is 13.5. The molecule has 1 fully saturated rings. The van der Waals surface area contributed by atoms with Crippen molar-refractivity contribution in [2.45, 2.75) is 57.8 Å². The van der Waals surface area contributed by atoms with E-state index in [4.69, 9.17) is 5.11 Å². The molecule has 3 nitrogen and oxygen atoms in total. The van der Waals surface area contributed by atoms with Crippen LogP contribution in [0.1, 0.15) is 73.2 Å². The maximum absolute atomic E-state index is 11.1. The Morgan fingerprint density at radius 3 is 2.78 bits per heavy atom. The van der Waals surface area contributed by atoms with Crippen LogP contribution in [0.5, 0.6) is 0 Å². The highest BCUT2D eigenvalue weighted by atomic mass is 32.1. The van der Waals surface area contributed by atoms with Gasteiger partial charge in [-0.05, 0) is 31.6 Å². The summed E-state index contributed by atoms with van der Waals surface area (Å²) in [5.74, 6) is 0.411. The van der Waals surface area contributed by atoms with Gasteiger partial charge < -0.3 is 5.11 Å². The molecule has 18 heavy (non-hydrogen) atoms. The molecule has 1 N–H and O–H groups in total. The predicted molar refractivity (Wildman–Crippen MR) is 73.3 cm³/mol. The normalized spacial score (nSPS) is 24.1. The number of rotatable bonds is 5. The SMILES string of the molecule is CCCCC1CCC(c2ncsc2C(=O)O)CC1. The summed E-state index contributed by atoms with van der Waals surface area (Å²) in [6.07, 6.45) is 8.63. The van der Waals surface area contributed by atoms with Crippen LogP contribution in [0.3, 0.4) is 0 Å². The minimum Gasteiger partial charge on any atom is -0.477 e. The molecule has 4 heteroatoms. The molecule has 0 bridgehead atoms. The maximum Gasteiger partial charge on any atom is 0.347 e. The summed E-state index contributed by atoms with van der Waals surface area (Å²) in [5, 5.41) is 9.12. The predicted octanol–water partition coefficient (Wildman–Crippen LogP) is 4.31. The third kappa shape index (κ3) is 3.10. The van der Waals surface area contributed by atoms with Gasteiger partial charge in [0.2, 0.25) is 0 Å². The van der Waals surface area contributed by atoms with Crippen molar-refractivity contribution >= 4 is 17.3 Å². The molecular weight excluding hydrogens is 246 g/mol. The van der Waals surface area contributed by atoms with Crippen molar-refractivity contribution in [2.75, 3.05) is 0 Å². The van der Waals surface area contributed by atoms with Crippen LogP contribution in [0, 0.1) is 5.92 Å². The number of hydrogen-bond donors (Lipinski definition) is 1. The zero-order valence-electron chi connectivity index (χ0n) is 10.9. The van der Waals surface area contributed by atoms with Gasteiger partial charge in [0.05, 0.1) is 11.2 Å². The molecule has 1 aliphatic rings. The van der Waals surface area contributed by atoms with Gasteiger partial charge in [-0.1, -0.05) is 26.2 Å². The van der Waals surface area contributed by atoms with Gasteiger partial charge in [0.1, 0.15) is 4.88 Å². The Bertz CT molecular complexity index is 394. The molecule has 0 saturated heterocycles. The van der Waals surface area contributed by atoms with Crippen molar-refractivity contribution in [1.82, 2.24) is 4.98 Å². The molecule has 0 aromatic carbocycles. The molecule has 100 valence electrons. The van der Waals surface area contributed by atoms with Crippen LogP contribution in [0.2, 0.25) is 0 Å². The third-order valence-electron chi connectivity index (χ3n) is 3.99. The summed E-state index contributed by atoms with van der Waals surface area (Å²) in [4.78, 5) is 15.8. The molecule has 1 heterocycles. The highest BCUT2D eigenvalue weighted by Crippen LogP contribution is 2.38. The number of carboxylic acids is 1. The van der Waals surface area contributed by atoms with Crippen molar-refractivity contribution in [1.29, 1.82) is 0 Å². The van der Waals surface area contributed by atoms with E-state index in [9.17, 15) is 4.79 Å². The van der Waals surface area contributed by atoms with Crippen molar-refractivity contribution in [3.63, 3.8) is 0 Å². The number of nitrogens with zero attached hydrogens (tertiary/aromatic N) is 1. The minimum absolute atomic E-state index is 0.375. The maximum atomic E-state index is 11.1. The standard InChI is InChI=1S/C14H21NO2S/c1-2-3-4-10-5-7-11(8-6-10)12-13(14(16)17)18-9-15-12/h9-11H,2-8H2,1H3,(H,16,17). The molecule has 0 aliphatic heterocycles. The van der Waals surface area contributed by atoms with Gasteiger partial charge in [0.25, 0.3) is 0 Å². The molecule has 0 atom stereocenters. The van der Waals surface area contributed by atoms with Crippen LogP contribution in [0.4, 0.5) is 0 Å². The minimum atomic E-state index is -0.819. The second kappa shape index (κ2) is 6.32. The second-order valence-electron chi connectivity index (χ2n) is 5.23. The molecule has 1 aliphatic carbocycles. The molecule has 0 unspecified atom stereocenters. The smallest absolute Gasteiger partial charge is 0.347 e. The van der Waals surface area contributed by atoms with Gasteiger partial charge in [-0.2, -0.15) is 0 Å². The Morgan fingerprint density at radius 2 is 2.17 bits per heavy atom. The topological polar surface area (TPSA) is 50.2 Å². The summed E-state index contributed by atoms with van der Waals surface area (Å²) >= 11 is 1.26. The Balaban J connectivity index is 1.93. The van der Waals surface area contributed by atoms with E-state index in [-0.39, 0.29) is 0 Å². The fourth-order valence-electron chi connectivity index (χ4n) is 2.92. The number of thiazole rings is 1. The average molecular weight is 267 g/mol. The lowest BCUT2D eigenvalue weighted by Gasteiger charge is -2.27. The molecule has 1 saturated carbocycles. The first-order chi connectivity index (χ1) is 8.72. The van der Waals surface area contributed by atoms with E-state index < -0.39 is 5.97 Å². The van der Waals surface area contributed by atoms with Gasteiger partial charge in [0, 0.05) is 5.92 Å². The van der Waals surface area contributed by atoms with Crippen LogP contribution >= 0.6 is 11.3 Å². The molecular formula is C14H21NO2S. The van der Waals surface area contributed by atoms with Crippen molar-refractivity contribution in [3.05, 3.63) is 16.1 Å². The number of aromatic nitrogens is 1. The fraction of sp³-hybridized carbons (Fsp3) is 0.714. The van der Waals surface area contributed by atoms with Crippen LogP contribution in [-0.4, -0.2) is 16.1 Å². The summed E-state index contributed by atoms with van der Waals surface area (Å²) in [5.41, 5.74) is 2.50. The molecule has 1 aromatic rings. The average Bonchev–Trinajstić information content (AvgIpc) is 2.86. The van der Waals surface area contributed by atoms with Crippen molar-refractivity contribution in [2.24, 2.45) is 5.92 Å². The zero-order chi connectivity index (χ0) is 13.0. The molecule has 0 spiro atoms. The lowest BCUT2D eigenvalue weighted by atomic mass is 9.78. The van der Waals surface area contributed by atoms with E-state index in [1.807, 2.05) is 0 Å². The van der Waals surface area contributed by atoms with Crippen LogP contribution in [0.15, 0.2) is 5.51 Å². The number of unbranched alkanes of at least 4 members (excludes halogenated alkanes) is 1. The van der Waals surface area contributed by atoms with Gasteiger partial charge in [-0.3, -0.25) is 0 Å². The van der Waals surface area contributed by atoms with Gasteiger partial charge in [-0.25, -0.2) is 9.78 Å². The Hall–Kier alpha value is -0.900.